The second kappa shape index (κ2) is 7.88. The van der Waals surface area contributed by atoms with Gasteiger partial charge in [-0.25, -0.2) is 0 Å². The van der Waals surface area contributed by atoms with Crippen LogP contribution >= 0.6 is 0 Å². The van der Waals surface area contributed by atoms with E-state index in [-0.39, 0.29) is 24.6 Å². The van der Waals surface area contributed by atoms with Crippen molar-refractivity contribution in [3.63, 3.8) is 0 Å². The standard InChI is InChI=1S/C16H26N2O3/c1-11(2)18(5)16(19)10-21-15-9-13(20-6)7-8-14(15)12(3)17-4/h7-9,11-12,17H,10H2,1-6H3. The first kappa shape index (κ1) is 17.3. The first-order chi connectivity index (χ1) is 9.90. The van der Waals surface area contributed by atoms with Crippen molar-refractivity contribution in [2.45, 2.75) is 32.9 Å². The second-order valence-corrected chi connectivity index (χ2v) is 5.30. The number of nitrogens with one attached hydrogen (secondary N) is 1. The molecule has 0 heterocycles. The summed E-state index contributed by atoms with van der Waals surface area (Å²) in [5.41, 5.74) is 0.998. The van der Waals surface area contributed by atoms with Crippen molar-refractivity contribution in [2.75, 3.05) is 27.8 Å². The molecular formula is C16H26N2O3. The average Bonchev–Trinajstić information content (AvgIpc) is 2.50. The highest BCUT2D eigenvalue weighted by molar-refractivity contribution is 5.77. The lowest BCUT2D eigenvalue weighted by atomic mass is 10.1. The molecule has 0 aliphatic carbocycles. The Morgan fingerprint density at radius 3 is 2.52 bits per heavy atom. The quantitative estimate of drug-likeness (QED) is 0.838. The first-order valence-electron chi connectivity index (χ1n) is 7.14. The molecular weight excluding hydrogens is 268 g/mol. The molecule has 0 saturated carbocycles. The van der Waals surface area contributed by atoms with E-state index in [4.69, 9.17) is 9.47 Å². The van der Waals surface area contributed by atoms with Gasteiger partial charge in [-0.1, -0.05) is 6.07 Å². The third kappa shape index (κ3) is 4.63. The van der Waals surface area contributed by atoms with Crippen LogP contribution in [-0.2, 0) is 4.79 Å². The maximum Gasteiger partial charge on any atom is 0.260 e. The number of carbonyl (C=O) groups is 1. The molecule has 1 amide bonds. The normalized spacial score (nSPS) is 12.1. The number of ether oxygens (including phenoxy) is 2. The highest BCUT2D eigenvalue weighted by atomic mass is 16.5. The minimum atomic E-state index is -0.0455. The van der Waals surface area contributed by atoms with E-state index in [1.807, 2.05) is 46.0 Å². The van der Waals surface area contributed by atoms with Gasteiger partial charge in [-0.2, -0.15) is 0 Å². The molecule has 0 saturated heterocycles. The van der Waals surface area contributed by atoms with Crippen LogP contribution in [0.5, 0.6) is 11.5 Å². The molecule has 0 aliphatic heterocycles. The topological polar surface area (TPSA) is 50.8 Å². The third-order valence-corrected chi connectivity index (χ3v) is 3.64. The second-order valence-electron chi connectivity index (χ2n) is 5.30. The fraction of sp³-hybridized carbons (Fsp3) is 0.562. The van der Waals surface area contributed by atoms with Crippen molar-refractivity contribution in [1.82, 2.24) is 10.2 Å². The van der Waals surface area contributed by atoms with E-state index in [1.165, 1.54) is 0 Å². The van der Waals surface area contributed by atoms with Gasteiger partial charge in [0.15, 0.2) is 6.61 Å². The van der Waals surface area contributed by atoms with Gasteiger partial charge in [-0.05, 0) is 33.9 Å². The molecule has 1 N–H and O–H groups in total. The van der Waals surface area contributed by atoms with Crippen molar-refractivity contribution >= 4 is 5.91 Å². The molecule has 1 aromatic rings. The highest BCUT2D eigenvalue weighted by Crippen LogP contribution is 2.29. The minimum Gasteiger partial charge on any atom is -0.497 e. The SMILES string of the molecule is CNC(C)c1ccc(OC)cc1OCC(=O)N(C)C(C)C. The zero-order valence-electron chi connectivity index (χ0n) is 13.8. The van der Waals surface area contributed by atoms with Gasteiger partial charge in [-0.3, -0.25) is 4.79 Å². The molecule has 0 aliphatic rings. The number of hydrogen-bond donors (Lipinski definition) is 1. The van der Waals surface area contributed by atoms with Gasteiger partial charge in [0, 0.05) is 30.8 Å². The van der Waals surface area contributed by atoms with Gasteiger partial charge in [-0.15, -0.1) is 0 Å². The number of methoxy groups -OCH3 is 1. The van der Waals surface area contributed by atoms with Crippen molar-refractivity contribution in [2.24, 2.45) is 0 Å². The number of nitrogens with zero attached hydrogens (tertiary/aromatic N) is 1. The maximum atomic E-state index is 12.0. The number of amides is 1. The summed E-state index contributed by atoms with van der Waals surface area (Å²) in [7, 11) is 5.27. The Labute approximate surface area is 127 Å². The van der Waals surface area contributed by atoms with E-state index in [0.29, 0.717) is 11.5 Å². The molecule has 0 radical (unpaired) electrons. The minimum absolute atomic E-state index is 0.0191. The molecule has 118 valence electrons. The predicted molar refractivity (Wildman–Crippen MR) is 83.9 cm³/mol. The van der Waals surface area contributed by atoms with Crippen molar-refractivity contribution in [3.8, 4) is 11.5 Å². The van der Waals surface area contributed by atoms with Gasteiger partial charge in [0.25, 0.3) is 5.91 Å². The monoisotopic (exact) mass is 294 g/mol. The van der Waals surface area contributed by atoms with E-state index < -0.39 is 0 Å². The van der Waals surface area contributed by atoms with E-state index in [1.54, 1.807) is 19.1 Å². The molecule has 5 heteroatoms. The van der Waals surface area contributed by atoms with Crippen LogP contribution in [0, 0.1) is 0 Å². The van der Waals surface area contributed by atoms with Gasteiger partial charge in [0.2, 0.25) is 0 Å². The zero-order valence-corrected chi connectivity index (χ0v) is 13.8. The van der Waals surface area contributed by atoms with E-state index in [2.05, 4.69) is 5.32 Å². The van der Waals surface area contributed by atoms with Crippen LogP contribution in [0.2, 0.25) is 0 Å². The summed E-state index contributed by atoms with van der Waals surface area (Å²) in [6.45, 7) is 6.00. The Hall–Kier alpha value is -1.75. The van der Waals surface area contributed by atoms with Gasteiger partial charge >= 0.3 is 0 Å². The lowest BCUT2D eigenvalue weighted by Gasteiger charge is -2.22. The number of benzene rings is 1. The summed E-state index contributed by atoms with van der Waals surface area (Å²) in [6.07, 6.45) is 0. The Morgan fingerprint density at radius 1 is 1.33 bits per heavy atom. The van der Waals surface area contributed by atoms with Gasteiger partial charge < -0.3 is 19.7 Å². The fourth-order valence-electron chi connectivity index (χ4n) is 1.81. The predicted octanol–water partition coefficient (Wildman–Crippen LogP) is 2.22. The average molecular weight is 294 g/mol. The fourth-order valence-corrected chi connectivity index (χ4v) is 1.81. The molecule has 1 atom stereocenters. The summed E-state index contributed by atoms with van der Waals surface area (Å²) >= 11 is 0. The van der Waals surface area contributed by atoms with Crippen molar-refractivity contribution in [3.05, 3.63) is 23.8 Å². The van der Waals surface area contributed by atoms with Crippen LogP contribution < -0.4 is 14.8 Å². The van der Waals surface area contributed by atoms with Crippen LogP contribution in [0.4, 0.5) is 0 Å². The molecule has 1 rings (SSSR count). The van der Waals surface area contributed by atoms with Crippen LogP contribution in [0.3, 0.4) is 0 Å². The Kier molecular flexibility index (Phi) is 6.49. The molecule has 1 unspecified atom stereocenters. The third-order valence-electron chi connectivity index (χ3n) is 3.64. The highest BCUT2D eigenvalue weighted by Gasteiger charge is 2.16. The summed E-state index contributed by atoms with van der Waals surface area (Å²) in [5, 5.41) is 3.17. The molecule has 0 spiro atoms. The molecule has 1 aromatic carbocycles. The van der Waals surface area contributed by atoms with Crippen molar-refractivity contribution in [1.29, 1.82) is 0 Å². The van der Waals surface area contributed by atoms with Crippen LogP contribution in [-0.4, -0.2) is 44.7 Å². The summed E-state index contributed by atoms with van der Waals surface area (Å²) in [5.74, 6) is 1.33. The first-order valence-corrected chi connectivity index (χ1v) is 7.14. The summed E-state index contributed by atoms with van der Waals surface area (Å²) in [4.78, 5) is 13.7. The lowest BCUT2D eigenvalue weighted by Crippen LogP contribution is -2.36. The number of carbonyl (C=O) groups excluding carboxylic acids is 1. The van der Waals surface area contributed by atoms with E-state index >= 15 is 0 Å². The van der Waals surface area contributed by atoms with Gasteiger partial charge in [0.1, 0.15) is 11.5 Å². The Balaban J connectivity index is 2.87. The van der Waals surface area contributed by atoms with Crippen LogP contribution in [0.25, 0.3) is 0 Å². The number of rotatable bonds is 7. The zero-order chi connectivity index (χ0) is 16.0. The summed E-state index contributed by atoms with van der Waals surface area (Å²) in [6, 6.07) is 5.93. The van der Waals surface area contributed by atoms with Crippen molar-refractivity contribution < 1.29 is 14.3 Å². The molecule has 21 heavy (non-hydrogen) atoms. The Bertz CT molecular complexity index is 475. The van der Waals surface area contributed by atoms with E-state index in [0.717, 1.165) is 5.56 Å². The number of hydrogen-bond acceptors (Lipinski definition) is 4. The van der Waals surface area contributed by atoms with Gasteiger partial charge in [0.05, 0.1) is 7.11 Å². The smallest absolute Gasteiger partial charge is 0.260 e. The molecule has 0 bridgehead atoms. The summed E-state index contributed by atoms with van der Waals surface area (Å²) < 4.78 is 10.9. The van der Waals surface area contributed by atoms with Crippen LogP contribution in [0.1, 0.15) is 32.4 Å². The maximum absolute atomic E-state index is 12.0. The largest absolute Gasteiger partial charge is 0.497 e. The Morgan fingerprint density at radius 2 is 2.00 bits per heavy atom. The van der Waals surface area contributed by atoms with Crippen LogP contribution in [0.15, 0.2) is 18.2 Å². The van der Waals surface area contributed by atoms with E-state index in [9.17, 15) is 4.79 Å². The molecule has 5 nitrogen and oxygen atoms in total. The molecule has 0 aromatic heterocycles. The number of likely N-dealkylation sites (N-methyl/N-ethyl adjacent to an activating group) is 1. The lowest BCUT2D eigenvalue weighted by molar-refractivity contribution is -0.133. The molecule has 0 fully saturated rings.